The molecule has 9 heteroatoms. The molecule has 33 heavy (non-hydrogen) atoms. The summed E-state index contributed by atoms with van der Waals surface area (Å²) in [6, 6.07) is 18.4. The molecule has 4 unspecified atom stereocenters. The van der Waals surface area contributed by atoms with Gasteiger partial charge in [0.1, 0.15) is 18.0 Å². The van der Waals surface area contributed by atoms with Gasteiger partial charge in [0.25, 0.3) is 5.91 Å². The van der Waals surface area contributed by atoms with Gasteiger partial charge >= 0.3 is 11.7 Å². The summed E-state index contributed by atoms with van der Waals surface area (Å²) in [7, 11) is 0. The zero-order valence-corrected chi connectivity index (χ0v) is 17.8. The molecule has 1 amide bonds. The quantitative estimate of drug-likeness (QED) is 0.573. The number of aliphatic hydroxyl groups excluding tert-OH is 1. The Bertz CT molecular complexity index is 1180. The zero-order valence-electron chi connectivity index (χ0n) is 17.8. The molecule has 0 radical (unpaired) electrons. The molecular weight excluding hydrogens is 426 g/mol. The normalized spacial score (nSPS) is 22.4. The van der Waals surface area contributed by atoms with E-state index in [1.54, 1.807) is 67.6 Å². The Labute approximate surface area is 189 Å². The Balaban J connectivity index is 1.49. The number of carbonyl (C=O) groups is 2. The first-order valence-corrected chi connectivity index (χ1v) is 10.5. The van der Waals surface area contributed by atoms with Gasteiger partial charge in [0.05, 0.1) is 12.2 Å². The molecule has 0 bridgehead atoms. The van der Waals surface area contributed by atoms with Crippen molar-refractivity contribution in [2.75, 3.05) is 11.9 Å². The number of nitrogens with zero attached hydrogens (tertiary/aromatic N) is 2. The fourth-order valence-corrected chi connectivity index (χ4v) is 3.59. The van der Waals surface area contributed by atoms with Crippen molar-refractivity contribution >= 4 is 17.7 Å². The van der Waals surface area contributed by atoms with Crippen molar-refractivity contribution in [3.8, 4) is 0 Å². The Hall–Kier alpha value is -3.82. The number of benzene rings is 2. The average Bonchev–Trinajstić information content (AvgIpc) is 2.83. The second-order valence-electron chi connectivity index (χ2n) is 7.75. The third-order valence-electron chi connectivity index (χ3n) is 5.35. The number of ether oxygens (including phenoxy) is 2. The number of carbonyl (C=O) groups excluding carboxylic acids is 2. The number of nitrogens with one attached hydrogen (secondary N) is 1. The van der Waals surface area contributed by atoms with Gasteiger partial charge in [0.2, 0.25) is 0 Å². The van der Waals surface area contributed by atoms with Gasteiger partial charge in [-0.25, -0.2) is 9.59 Å². The number of aliphatic hydroxyl groups is 1. The third kappa shape index (κ3) is 5.00. The smallest absolute Gasteiger partial charge is 0.351 e. The monoisotopic (exact) mass is 449 g/mol. The number of anilines is 1. The maximum atomic E-state index is 12.6. The third-order valence-corrected chi connectivity index (χ3v) is 5.35. The van der Waals surface area contributed by atoms with E-state index in [2.05, 4.69) is 10.3 Å². The number of aromatic nitrogens is 2. The molecule has 1 aromatic heterocycles. The highest BCUT2D eigenvalue weighted by molar-refractivity contribution is 6.03. The van der Waals surface area contributed by atoms with Gasteiger partial charge in [-0.2, -0.15) is 4.98 Å². The number of hydrogen-bond donors (Lipinski definition) is 2. The predicted octanol–water partition coefficient (Wildman–Crippen LogP) is 2.25. The van der Waals surface area contributed by atoms with Gasteiger partial charge in [-0.05, 0) is 30.3 Å². The summed E-state index contributed by atoms with van der Waals surface area (Å²) in [5.41, 5.74) is 0.0523. The fourth-order valence-electron chi connectivity index (χ4n) is 3.59. The van der Waals surface area contributed by atoms with E-state index in [4.69, 9.17) is 9.47 Å². The topological polar surface area (TPSA) is 120 Å². The van der Waals surface area contributed by atoms with Gasteiger partial charge in [-0.15, -0.1) is 0 Å². The molecule has 2 N–H and O–H groups in total. The summed E-state index contributed by atoms with van der Waals surface area (Å²) < 4.78 is 12.3. The van der Waals surface area contributed by atoms with Crippen LogP contribution in [0.1, 0.15) is 33.9 Å². The molecule has 4 rings (SSSR count). The van der Waals surface area contributed by atoms with Crippen molar-refractivity contribution in [3.63, 3.8) is 0 Å². The molecule has 0 saturated carbocycles. The highest BCUT2D eigenvalue weighted by Crippen LogP contribution is 2.29. The minimum Gasteiger partial charge on any atom is -0.455 e. The first kappa shape index (κ1) is 22.4. The van der Waals surface area contributed by atoms with E-state index in [0.717, 1.165) is 4.57 Å². The molecule has 1 aliphatic rings. The SMILES string of the molecule is CC1COC(n2ccc(NC(=O)c3ccccc3)nc2=O)C(O)C1OC(=O)c1ccccc1. The molecule has 1 aliphatic heterocycles. The molecule has 3 aromatic rings. The number of esters is 1. The van der Waals surface area contributed by atoms with Crippen LogP contribution in [0.2, 0.25) is 0 Å². The molecule has 4 atom stereocenters. The van der Waals surface area contributed by atoms with E-state index in [-0.39, 0.29) is 18.3 Å². The summed E-state index contributed by atoms with van der Waals surface area (Å²) in [6.45, 7) is 1.94. The van der Waals surface area contributed by atoms with Crippen molar-refractivity contribution in [1.82, 2.24) is 9.55 Å². The lowest BCUT2D eigenvalue weighted by Crippen LogP contribution is -2.51. The Morgan fingerprint density at radius 3 is 2.33 bits per heavy atom. The van der Waals surface area contributed by atoms with E-state index in [1.165, 1.54) is 12.3 Å². The Morgan fingerprint density at radius 1 is 1.06 bits per heavy atom. The van der Waals surface area contributed by atoms with Gasteiger partial charge in [-0.3, -0.25) is 9.36 Å². The van der Waals surface area contributed by atoms with E-state index >= 15 is 0 Å². The van der Waals surface area contributed by atoms with Crippen LogP contribution in [0.3, 0.4) is 0 Å². The summed E-state index contributed by atoms with van der Waals surface area (Å²) in [5, 5.41) is 13.4. The zero-order chi connectivity index (χ0) is 23.4. The highest BCUT2D eigenvalue weighted by atomic mass is 16.6. The molecule has 2 heterocycles. The van der Waals surface area contributed by atoms with Crippen LogP contribution in [-0.2, 0) is 9.47 Å². The minimum absolute atomic E-state index is 0.0656. The van der Waals surface area contributed by atoms with Crippen LogP contribution in [-0.4, -0.2) is 45.3 Å². The molecule has 170 valence electrons. The van der Waals surface area contributed by atoms with E-state index in [9.17, 15) is 19.5 Å². The molecule has 0 spiro atoms. The lowest BCUT2D eigenvalue weighted by molar-refractivity contribution is -0.190. The molecule has 0 aliphatic carbocycles. The van der Waals surface area contributed by atoms with Crippen molar-refractivity contribution in [3.05, 3.63) is 94.5 Å². The van der Waals surface area contributed by atoms with Crippen LogP contribution >= 0.6 is 0 Å². The molecular formula is C24H23N3O6. The molecule has 9 nitrogen and oxygen atoms in total. The summed E-state index contributed by atoms with van der Waals surface area (Å²) in [5.74, 6) is -1.21. The first-order valence-electron chi connectivity index (χ1n) is 10.5. The van der Waals surface area contributed by atoms with Crippen LogP contribution in [0.4, 0.5) is 5.82 Å². The highest BCUT2D eigenvalue weighted by Gasteiger charge is 2.41. The maximum absolute atomic E-state index is 12.6. The second kappa shape index (κ2) is 9.76. The van der Waals surface area contributed by atoms with Crippen molar-refractivity contribution in [1.29, 1.82) is 0 Å². The van der Waals surface area contributed by atoms with Crippen molar-refractivity contribution < 1.29 is 24.2 Å². The van der Waals surface area contributed by atoms with Crippen LogP contribution in [0.15, 0.2) is 77.7 Å². The molecule has 2 aromatic carbocycles. The lowest BCUT2D eigenvalue weighted by Gasteiger charge is -2.38. The van der Waals surface area contributed by atoms with Crippen molar-refractivity contribution in [2.45, 2.75) is 25.4 Å². The van der Waals surface area contributed by atoms with Gasteiger partial charge < -0.3 is 19.9 Å². The van der Waals surface area contributed by atoms with E-state index in [0.29, 0.717) is 11.1 Å². The van der Waals surface area contributed by atoms with Crippen LogP contribution < -0.4 is 11.0 Å². The Kier molecular flexibility index (Phi) is 6.62. The summed E-state index contributed by atoms with van der Waals surface area (Å²) >= 11 is 0. The van der Waals surface area contributed by atoms with Crippen LogP contribution in [0.25, 0.3) is 0 Å². The van der Waals surface area contributed by atoms with Crippen molar-refractivity contribution in [2.24, 2.45) is 5.92 Å². The number of amides is 1. The van der Waals surface area contributed by atoms with E-state index in [1.807, 2.05) is 0 Å². The second-order valence-corrected chi connectivity index (χ2v) is 7.75. The number of hydrogen-bond acceptors (Lipinski definition) is 7. The van der Waals surface area contributed by atoms with Gasteiger partial charge in [0, 0.05) is 17.7 Å². The first-order chi connectivity index (χ1) is 15.9. The summed E-state index contributed by atoms with van der Waals surface area (Å²) in [6.07, 6.45) is -1.92. The predicted molar refractivity (Wildman–Crippen MR) is 119 cm³/mol. The number of rotatable bonds is 5. The van der Waals surface area contributed by atoms with Crippen LogP contribution in [0, 0.1) is 5.92 Å². The summed E-state index contributed by atoms with van der Waals surface area (Å²) in [4.78, 5) is 41.3. The van der Waals surface area contributed by atoms with Gasteiger partial charge in [-0.1, -0.05) is 43.3 Å². The average molecular weight is 449 g/mol. The molecule has 1 fully saturated rings. The largest absolute Gasteiger partial charge is 0.455 e. The van der Waals surface area contributed by atoms with E-state index < -0.39 is 36.0 Å². The Morgan fingerprint density at radius 2 is 1.70 bits per heavy atom. The lowest BCUT2D eigenvalue weighted by atomic mass is 9.96. The fraction of sp³-hybridized carbons (Fsp3) is 0.250. The molecule has 1 saturated heterocycles. The standard InChI is InChI=1S/C24H23N3O6/c1-15-14-32-22(19(28)20(15)33-23(30)17-10-6-3-7-11-17)27-13-12-18(26-24(27)31)25-21(29)16-8-4-2-5-9-16/h2-13,15,19-20,22,28H,14H2,1H3,(H,25,26,29,31). The van der Waals surface area contributed by atoms with Crippen LogP contribution in [0.5, 0.6) is 0 Å². The van der Waals surface area contributed by atoms with Gasteiger partial charge in [0.15, 0.2) is 6.23 Å². The minimum atomic E-state index is -1.30. The maximum Gasteiger partial charge on any atom is 0.351 e.